The predicted octanol–water partition coefficient (Wildman–Crippen LogP) is 13.2. The molecule has 0 spiro atoms. The van der Waals surface area contributed by atoms with Gasteiger partial charge in [-0.2, -0.15) is 0 Å². The smallest absolute Gasteiger partial charge is 0.120 e. The quantitative estimate of drug-likeness (QED) is 0.156. The standard InChI is InChI=1S/C37H32N3O.C13H12N.Ir/c1-22(2)26-16-11-17-27(23(3)4)35(26)40-34-24(5)38-31(25-13-7-6-8-14-25)21-32(34)39-37(40)30-19-12-18-29-28-15-9-10-20-33(28)41-36(29)30;1-10-3-6-12(7-4-10)13-8-5-11(2)9-14-13;/h6-18,20-23H,1-5H3;3-6,8-9H,1-2H3;/q2*-1;. The first-order chi connectivity index (χ1) is 26.7. The van der Waals surface area contributed by atoms with Crippen LogP contribution in [-0.2, 0) is 20.1 Å². The molecule has 0 saturated heterocycles. The van der Waals surface area contributed by atoms with Crippen molar-refractivity contribution in [3.8, 4) is 39.6 Å². The van der Waals surface area contributed by atoms with E-state index in [-0.39, 0.29) is 20.1 Å². The van der Waals surface area contributed by atoms with Crippen molar-refractivity contribution in [1.29, 1.82) is 0 Å². The molecule has 6 heteroatoms. The summed E-state index contributed by atoms with van der Waals surface area (Å²) >= 11 is 0. The van der Waals surface area contributed by atoms with Crippen molar-refractivity contribution in [3.05, 3.63) is 168 Å². The average Bonchev–Trinajstić information content (AvgIpc) is 3.78. The molecule has 281 valence electrons. The Kier molecular flexibility index (Phi) is 11.2. The molecular weight excluding hydrogens is 865 g/mol. The van der Waals surface area contributed by atoms with Crippen LogP contribution >= 0.6 is 0 Å². The summed E-state index contributed by atoms with van der Waals surface area (Å²) in [5, 5.41) is 2.16. The molecule has 0 aliphatic rings. The van der Waals surface area contributed by atoms with Gasteiger partial charge in [0, 0.05) is 42.9 Å². The Morgan fingerprint density at radius 3 is 2.05 bits per heavy atom. The SMILES string of the molecule is Cc1c[c-]c(-c2ccc(C)cn2)cc1.Cc1nc(-c2ccccc2)cc2nc(-c3[c-]ccc4c3oc3ccccc34)n(-c3c(C(C)C)cccc3C(C)C)c12.[Ir]. The van der Waals surface area contributed by atoms with Crippen LogP contribution in [0.3, 0.4) is 0 Å². The molecule has 0 atom stereocenters. The third kappa shape index (κ3) is 7.35. The molecular formula is C50H44IrN4O-2. The monoisotopic (exact) mass is 909 g/mol. The fourth-order valence-corrected chi connectivity index (χ4v) is 7.34. The van der Waals surface area contributed by atoms with Gasteiger partial charge in [0.25, 0.3) is 0 Å². The van der Waals surface area contributed by atoms with E-state index in [4.69, 9.17) is 14.4 Å². The summed E-state index contributed by atoms with van der Waals surface area (Å²) in [5.41, 5.74) is 15.5. The largest absolute Gasteiger partial charge is 0.501 e. The number of aromatic nitrogens is 4. The van der Waals surface area contributed by atoms with Gasteiger partial charge in [0.15, 0.2) is 0 Å². The Hall–Kier alpha value is -5.68. The number of furan rings is 1. The van der Waals surface area contributed by atoms with Crippen LogP contribution in [0.2, 0.25) is 0 Å². The Balaban J connectivity index is 0.000000271. The number of para-hydroxylation sites is 2. The second kappa shape index (κ2) is 16.2. The molecule has 4 heterocycles. The van der Waals surface area contributed by atoms with Gasteiger partial charge in [-0.05, 0) is 60.2 Å². The number of imidazole rings is 1. The molecule has 4 aromatic heterocycles. The van der Waals surface area contributed by atoms with E-state index in [1.807, 2.05) is 67.7 Å². The van der Waals surface area contributed by atoms with Gasteiger partial charge in [-0.25, -0.2) is 0 Å². The van der Waals surface area contributed by atoms with Crippen LogP contribution in [0.15, 0.2) is 132 Å². The number of rotatable bonds is 6. The molecule has 0 aliphatic heterocycles. The first kappa shape index (κ1) is 38.6. The summed E-state index contributed by atoms with van der Waals surface area (Å²) in [6.45, 7) is 15.2. The maximum absolute atomic E-state index is 6.50. The number of nitrogens with zero attached hydrogens (tertiary/aromatic N) is 4. The van der Waals surface area contributed by atoms with E-state index in [0.29, 0.717) is 11.8 Å². The van der Waals surface area contributed by atoms with Gasteiger partial charge in [-0.3, -0.25) is 9.97 Å². The number of aryl methyl sites for hydroxylation is 3. The van der Waals surface area contributed by atoms with Crippen molar-refractivity contribution in [3.63, 3.8) is 0 Å². The molecule has 0 amide bonds. The van der Waals surface area contributed by atoms with E-state index >= 15 is 0 Å². The van der Waals surface area contributed by atoms with Crippen molar-refractivity contribution in [1.82, 2.24) is 19.5 Å². The van der Waals surface area contributed by atoms with Gasteiger partial charge in [0.05, 0.1) is 33.8 Å². The van der Waals surface area contributed by atoms with Gasteiger partial charge in [-0.15, -0.1) is 53.6 Å². The average molecular weight is 909 g/mol. The Bertz CT molecular complexity index is 2710. The minimum Gasteiger partial charge on any atom is -0.501 e. The third-order valence-electron chi connectivity index (χ3n) is 10.2. The van der Waals surface area contributed by atoms with E-state index in [0.717, 1.165) is 72.6 Å². The van der Waals surface area contributed by atoms with E-state index < -0.39 is 0 Å². The van der Waals surface area contributed by atoms with Crippen LogP contribution in [0.25, 0.3) is 72.6 Å². The van der Waals surface area contributed by atoms with Crippen molar-refractivity contribution >= 4 is 33.0 Å². The Morgan fingerprint density at radius 2 is 1.38 bits per heavy atom. The zero-order chi connectivity index (χ0) is 38.2. The Morgan fingerprint density at radius 1 is 0.661 bits per heavy atom. The van der Waals surface area contributed by atoms with Gasteiger partial charge < -0.3 is 14.0 Å². The summed E-state index contributed by atoms with van der Waals surface area (Å²) in [6, 6.07) is 48.3. The number of hydrogen-bond donors (Lipinski definition) is 0. The van der Waals surface area contributed by atoms with Crippen molar-refractivity contribution < 1.29 is 24.5 Å². The van der Waals surface area contributed by atoms with Gasteiger partial charge in [-0.1, -0.05) is 124 Å². The molecule has 0 saturated carbocycles. The molecule has 0 fully saturated rings. The molecule has 9 rings (SSSR count). The number of benzene rings is 5. The van der Waals surface area contributed by atoms with Gasteiger partial charge >= 0.3 is 0 Å². The second-order valence-electron chi connectivity index (χ2n) is 14.9. The third-order valence-corrected chi connectivity index (χ3v) is 10.2. The second-order valence-corrected chi connectivity index (χ2v) is 14.9. The maximum atomic E-state index is 6.50. The normalized spacial score (nSPS) is 11.3. The maximum Gasteiger partial charge on any atom is 0.120 e. The van der Waals surface area contributed by atoms with Gasteiger partial charge in [0.1, 0.15) is 5.58 Å². The summed E-state index contributed by atoms with van der Waals surface area (Å²) in [4.78, 5) is 14.8. The Labute approximate surface area is 342 Å². The van der Waals surface area contributed by atoms with Crippen LogP contribution in [0.4, 0.5) is 0 Å². The van der Waals surface area contributed by atoms with E-state index in [1.54, 1.807) is 0 Å². The van der Waals surface area contributed by atoms with E-state index in [1.165, 1.54) is 27.9 Å². The molecule has 5 aromatic carbocycles. The first-order valence-corrected chi connectivity index (χ1v) is 19.0. The first-order valence-electron chi connectivity index (χ1n) is 19.0. The minimum absolute atomic E-state index is 0. The minimum atomic E-state index is 0. The predicted molar refractivity (Wildman–Crippen MR) is 227 cm³/mol. The number of hydrogen-bond acceptors (Lipinski definition) is 4. The van der Waals surface area contributed by atoms with Crippen LogP contribution in [-0.4, -0.2) is 19.5 Å². The van der Waals surface area contributed by atoms with Crippen molar-refractivity contribution in [2.45, 2.75) is 60.3 Å². The molecule has 0 bridgehead atoms. The van der Waals surface area contributed by atoms with Crippen LogP contribution < -0.4 is 0 Å². The molecule has 5 nitrogen and oxygen atoms in total. The summed E-state index contributed by atoms with van der Waals surface area (Å²) in [6.07, 6.45) is 1.88. The van der Waals surface area contributed by atoms with Crippen LogP contribution in [0.1, 0.15) is 67.5 Å². The van der Waals surface area contributed by atoms with Gasteiger partial charge in [0.2, 0.25) is 0 Å². The molecule has 0 aliphatic carbocycles. The van der Waals surface area contributed by atoms with E-state index in [9.17, 15) is 0 Å². The van der Waals surface area contributed by atoms with Crippen LogP contribution in [0.5, 0.6) is 0 Å². The number of fused-ring (bicyclic) bond motifs is 4. The zero-order valence-corrected chi connectivity index (χ0v) is 35.2. The fraction of sp³-hybridized carbons (Fsp3) is 0.180. The van der Waals surface area contributed by atoms with E-state index in [2.05, 4.69) is 130 Å². The topological polar surface area (TPSA) is 56.7 Å². The summed E-state index contributed by atoms with van der Waals surface area (Å²) < 4.78 is 8.83. The summed E-state index contributed by atoms with van der Waals surface area (Å²) in [5.74, 6) is 1.45. The number of pyridine rings is 2. The fourth-order valence-electron chi connectivity index (χ4n) is 7.34. The molecule has 0 N–H and O–H groups in total. The molecule has 0 unspecified atom stereocenters. The molecule has 1 radical (unpaired) electrons. The molecule has 9 aromatic rings. The van der Waals surface area contributed by atoms with Crippen molar-refractivity contribution in [2.75, 3.05) is 0 Å². The molecule has 56 heavy (non-hydrogen) atoms. The van der Waals surface area contributed by atoms with Crippen molar-refractivity contribution in [2.24, 2.45) is 0 Å². The van der Waals surface area contributed by atoms with Crippen LogP contribution in [0, 0.1) is 32.9 Å². The zero-order valence-electron chi connectivity index (χ0n) is 32.8. The summed E-state index contributed by atoms with van der Waals surface area (Å²) in [7, 11) is 0.